The second kappa shape index (κ2) is 6.92. The zero-order valence-electron chi connectivity index (χ0n) is 13.8. The van der Waals surface area contributed by atoms with Gasteiger partial charge in [0, 0.05) is 17.8 Å². The van der Waals surface area contributed by atoms with Crippen LogP contribution < -0.4 is 5.32 Å². The van der Waals surface area contributed by atoms with E-state index in [2.05, 4.69) is 15.5 Å². The number of carbonyl (C=O) groups is 1. The van der Waals surface area contributed by atoms with E-state index in [0.717, 1.165) is 9.87 Å². The van der Waals surface area contributed by atoms with Crippen molar-refractivity contribution in [1.82, 2.24) is 14.5 Å². The maximum absolute atomic E-state index is 12.6. The highest BCUT2D eigenvalue weighted by molar-refractivity contribution is 7.89. The Morgan fingerprint density at radius 3 is 2.58 bits per heavy atom. The van der Waals surface area contributed by atoms with E-state index in [1.807, 2.05) is 0 Å². The molecule has 0 radical (unpaired) electrons. The van der Waals surface area contributed by atoms with Gasteiger partial charge in [-0.05, 0) is 38.5 Å². The summed E-state index contributed by atoms with van der Waals surface area (Å²) in [5, 5.41) is 9.72. The van der Waals surface area contributed by atoms with Gasteiger partial charge in [0.05, 0.1) is 17.9 Å². The number of aromatic amines is 1. The third-order valence-corrected chi connectivity index (χ3v) is 6.11. The highest BCUT2D eigenvalue weighted by Gasteiger charge is 2.28. The van der Waals surface area contributed by atoms with Crippen LogP contribution in [0.25, 0.3) is 0 Å². The molecule has 2 N–H and O–H groups in total. The van der Waals surface area contributed by atoms with Crippen LogP contribution in [0.1, 0.15) is 17.0 Å². The Kier molecular flexibility index (Phi) is 5.32. The van der Waals surface area contributed by atoms with Crippen LogP contribution in [-0.2, 0) is 14.8 Å². The highest BCUT2D eigenvalue weighted by Crippen LogP contribution is 2.23. The van der Waals surface area contributed by atoms with Crippen LogP contribution in [0.2, 0.25) is 5.02 Å². The minimum atomic E-state index is -3.81. The zero-order valence-corrected chi connectivity index (χ0v) is 15.4. The molecule has 0 bridgehead atoms. The summed E-state index contributed by atoms with van der Waals surface area (Å²) in [4.78, 5) is 12.3. The number of hydrogen-bond donors (Lipinski definition) is 2. The van der Waals surface area contributed by atoms with Gasteiger partial charge >= 0.3 is 0 Å². The summed E-state index contributed by atoms with van der Waals surface area (Å²) in [5.74, 6) is -0.453. The number of carbonyl (C=O) groups excluding carboxylic acids is 1. The first-order chi connectivity index (χ1) is 11.1. The van der Waals surface area contributed by atoms with Crippen LogP contribution in [0.5, 0.6) is 0 Å². The van der Waals surface area contributed by atoms with Crippen molar-refractivity contribution in [1.29, 1.82) is 0 Å². The average molecular weight is 371 g/mol. The monoisotopic (exact) mass is 370 g/mol. The molecule has 0 aliphatic heterocycles. The molecule has 2 rings (SSSR count). The molecule has 0 aliphatic carbocycles. The number of aryl methyl sites for hydroxylation is 2. The summed E-state index contributed by atoms with van der Waals surface area (Å²) < 4.78 is 26.2. The molecule has 9 heteroatoms. The molecule has 0 spiro atoms. The summed E-state index contributed by atoms with van der Waals surface area (Å²) >= 11 is 6.01. The van der Waals surface area contributed by atoms with Crippen molar-refractivity contribution in [3.63, 3.8) is 0 Å². The molecular weight excluding hydrogens is 352 g/mol. The Morgan fingerprint density at radius 2 is 2.00 bits per heavy atom. The lowest BCUT2D eigenvalue weighted by Crippen LogP contribution is -2.35. The average Bonchev–Trinajstić information content (AvgIpc) is 2.83. The van der Waals surface area contributed by atoms with E-state index in [9.17, 15) is 13.2 Å². The summed E-state index contributed by atoms with van der Waals surface area (Å²) in [5.41, 5.74) is 2.07. The minimum absolute atomic E-state index is 0.0942. The quantitative estimate of drug-likeness (QED) is 0.843. The van der Waals surface area contributed by atoms with Gasteiger partial charge in [-0.3, -0.25) is 9.89 Å². The number of H-pyrrole nitrogens is 1. The minimum Gasteiger partial charge on any atom is -0.325 e. The molecule has 0 unspecified atom stereocenters. The van der Waals surface area contributed by atoms with Gasteiger partial charge in [0.1, 0.15) is 4.90 Å². The number of benzene rings is 1. The van der Waals surface area contributed by atoms with Gasteiger partial charge in [-0.15, -0.1) is 0 Å². The fraction of sp³-hybridized carbons (Fsp3) is 0.333. The molecule has 1 aromatic carbocycles. The molecule has 0 atom stereocenters. The van der Waals surface area contributed by atoms with Gasteiger partial charge in [0.2, 0.25) is 15.9 Å². The SMILES string of the molecule is Cc1n[nH]c(C)c1S(=O)(=O)N(C)CC(=O)Nc1cccc(Cl)c1C. The van der Waals surface area contributed by atoms with E-state index >= 15 is 0 Å². The molecule has 0 saturated heterocycles. The summed E-state index contributed by atoms with van der Waals surface area (Å²) in [6.45, 7) is 4.67. The lowest BCUT2D eigenvalue weighted by molar-refractivity contribution is -0.116. The Morgan fingerprint density at radius 1 is 1.33 bits per heavy atom. The van der Waals surface area contributed by atoms with Crippen molar-refractivity contribution < 1.29 is 13.2 Å². The molecular formula is C15H19ClN4O3S. The van der Waals surface area contributed by atoms with Gasteiger partial charge in [-0.25, -0.2) is 8.42 Å². The van der Waals surface area contributed by atoms with Crippen LogP contribution in [0.4, 0.5) is 5.69 Å². The van der Waals surface area contributed by atoms with E-state index in [1.54, 1.807) is 39.0 Å². The van der Waals surface area contributed by atoms with Gasteiger partial charge in [-0.1, -0.05) is 17.7 Å². The number of nitrogens with one attached hydrogen (secondary N) is 2. The normalized spacial score (nSPS) is 11.8. The van der Waals surface area contributed by atoms with Crippen molar-refractivity contribution in [3.05, 3.63) is 40.2 Å². The number of halogens is 1. The number of nitrogens with zero attached hydrogens (tertiary/aromatic N) is 2. The fourth-order valence-corrected chi connectivity index (χ4v) is 3.92. The summed E-state index contributed by atoms with van der Waals surface area (Å²) in [6, 6.07) is 5.13. The molecule has 1 amide bonds. The molecule has 2 aromatic rings. The maximum atomic E-state index is 12.6. The van der Waals surface area contributed by atoms with E-state index in [-0.39, 0.29) is 11.4 Å². The summed E-state index contributed by atoms with van der Waals surface area (Å²) in [7, 11) is -2.46. The third kappa shape index (κ3) is 3.61. The van der Waals surface area contributed by atoms with Crippen molar-refractivity contribution in [3.8, 4) is 0 Å². The lowest BCUT2D eigenvalue weighted by Gasteiger charge is -2.17. The molecule has 0 saturated carbocycles. The first kappa shape index (κ1) is 18.4. The Hall–Kier alpha value is -1.90. The molecule has 0 aliphatic rings. The van der Waals surface area contributed by atoms with Gasteiger partial charge in [-0.2, -0.15) is 9.40 Å². The second-order valence-electron chi connectivity index (χ2n) is 5.48. The Labute approximate surface area is 146 Å². The predicted molar refractivity (Wildman–Crippen MR) is 92.7 cm³/mol. The lowest BCUT2D eigenvalue weighted by atomic mass is 10.2. The molecule has 1 aromatic heterocycles. The summed E-state index contributed by atoms with van der Waals surface area (Å²) in [6.07, 6.45) is 0. The van der Waals surface area contributed by atoms with E-state index in [0.29, 0.717) is 22.1 Å². The predicted octanol–water partition coefficient (Wildman–Crippen LogP) is 2.25. The standard InChI is InChI=1S/C15H19ClN4O3S/c1-9-12(16)6-5-7-13(9)17-14(21)8-20(4)24(22,23)15-10(2)18-19-11(15)3/h5-7H,8H2,1-4H3,(H,17,21)(H,18,19). The molecule has 0 fully saturated rings. The van der Waals surface area contributed by atoms with Gasteiger partial charge in [0.15, 0.2) is 0 Å². The molecule has 24 heavy (non-hydrogen) atoms. The topological polar surface area (TPSA) is 95.2 Å². The first-order valence-corrected chi connectivity index (χ1v) is 8.99. The van der Waals surface area contributed by atoms with Crippen molar-refractivity contribution in [2.45, 2.75) is 25.7 Å². The van der Waals surface area contributed by atoms with Gasteiger partial charge < -0.3 is 5.32 Å². The number of amides is 1. The Bertz CT molecular complexity index is 857. The smallest absolute Gasteiger partial charge is 0.246 e. The van der Waals surface area contributed by atoms with Crippen molar-refractivity contribution in [2.75, 3.05) is 18.9 Å². The van der Waals surface area contributed by atoms with Crippen LogP contribution in [-0.4, -0.2) is 42.4 Å². The third-order valence-electron chi connectivity index (χ3n) is 3.64. The van der Waals surface area contributed by atoms with Gasteiger partial charge in [0.25, 0.3) is 0 Å². The number of sulfonamides is 1. The van der Waals surface area contributed by atoms with E-state index in [4.69, 9.17) is 11.6 Å². The number of anilines is 1. The second-order valence-corrected chi connectivity index (χ2v) is 7.87. The highest BCUT2D eigenvalue weighted by atomic mass is 35.5. The van der Waals surface area contributed by atoms with Crippen molar-refractivity contribution >= 4 is 33.2 Å². The van der Waals surface area contributed by atoms with Crippen LogP contribution in [0.3, 0.4) is 0 Å². The largest absolute Gasteiger partial charge is 0.325 e. The fourth-order valence-electron chi connectivity index (χ4n) is 2.30. The Balaban J connectivity index is 2.16. The van der Waals surface area contributed by atoms with E-state index in [1.165, 1.54) is 7.05 Å². The number of rotatable bonds is 5. The molecule has 7 nitrogen and oxygen atoms in total. The van der Waals surface area contributed by atoms with Crippen LogP contribution in [0, 0.1) is 20.8 Å². The van der Waals surface area contributed by atoms with Crippen LogP contribution >= 0.6 is 11.6 Å². The van der Waals surface area contributed by atoms with Crippen molar-refractivity contribution in [2.24, 2.45) is 0 Å². The molecule has 130 valence electrons. The number of aromatic nitrogens is 2. The zero-order chi connectivity index (χ0) is 18.1. The number of hydrogen-bond acceptors (Lipinski definition) is 4. The number of likely N-dealkylation sites (N-methyl/N-ethyl adjacent to an activating group) is 1. The van der Waals surface area contributed by atoms with E-state index < -0.39 is 15.9 Å². The molecule has 1 heterocycles. The first-order valence-electron chi connectivity index (χ1n) is 7.17. The maximum Gasteiger partial charge on any atom is 0.246 e. The van der Waals surface area contributed by atoms with Crippen LogP contribution in [0.15, 0.2) is 23.1 Å².